The summed E-state index contributed by atoms with van der Waals surface area (Å²) < 4.78 is 12.8. The zero-order valence-corrected chi connectivity index (χ0v) is 11.1. The molecule has 4 heteroatoms. The molecule has 1 heterocycles. The highest BCUT2D eigenvalue weighted by Gasteiger charge is 2.26. The molecule has 0 saturated carbocycles. The van der Waals surface area contributed by atoms with Crippen LogP contribution in [0.4, 0.5) is 4.39 Å². The highest BCUT2D eigenvalue weighted by atomic mass is 19.1. The van der Waals surface area contributed by atoms with Crippen molar-refractivity contribution in [2.24, 2.45) is 5.92 Å². The first kappa shape index (κ1) is 13.9. The molecule has 0 bridgehead atoms. The zero-order valence-electron chi connectivity index (χ0n) is 11.1. The number of carbonyl (C=O) groups excluding carboxylic acids is 2. The number of rotatable bonds is 4. The van der Waals surface area contributed by atoms with Crippen LogP contribution in [0.5, 0.6) is 0 Å². The summed E-state index contributed by atoms with van der Waals surface area (Å²) in [7, 11) is 0. The minimum absolute atomic E-state index is 0.0239. The molecule has 1 aromatic rings. The molecule has 0 N–H and O–H groups in total. The third-order valence-electron chi connectivity index (χ3n) is 3.63. The number of hydrogen-bond donors (Lipinski definition) is 0. The second-order valence-corrected chi connectivity index (χ2v) is 4.99. The molecule has 0 radical (unpaired) electrons. The quantitative estimate of drug-likeness (QED) is 0.782. The van der Waals surface area contributed by atoms with Gasteiger partial charge in [-0.05, 0) is 30.7 Å². The monoisotopic (exact) mass is 263 g/mol. The Hall–Kier alpha value is -1.55. The Bertz CT molecular complexity index is 470. The Morgan fingerprint density at radius 3 is 2.68 bits per heavy atom. The fourth-order valence-corrected chi connectivity index (χ4v) is 2.41. The standard InChI is InChI=1S/C15H18FNO2/c1-2-11-9-17(8-7-14(11)18)10-15(19)12-3-5-13(16)6-4-12/h3-6,11H,2,7-10H2,1H3. The summed E-state index contributed by atoms with van der Waals surface area (Å²) in [6, 6.07) is 5.59. The molecule has 1 aromatic carbocycles. The number of hydrogen-bond acceptors (Lipinski definition) is 3. The summed E-state index contributed by atoms with van der Waals surface area (Å²) in [4.78, 5) is 25.7. The predicted molar refractivity (Wildman–Crippen MR) is 70.6 cm³/mol. The van der Waals surface area contributed by atoms with Crippen molar-refractivity contribution in [1.29, 1.82) is 0 Å². The molecule has 0 amide bonds. The van der Waals surface area contributed by atoms with Crippen LogP contribution in [0.25, 0.3) is 0 Å². The molecule has 19 heavy (non-hydrogen) atoms. The Morgan fingerprint density at radius 2 is 2.05 bits per heavy atom. The summed E-state index contributed by atoms with van der Waals surface area (Å²) in [5.74, 6) is -0.0156. The van der Waals surface area contributed by atoms with Gasteiger partial charge in [-0.3, -0.25) is 14.5 Å². The molecule has 3 nitrogen and oxygen atoms in total. The highest BCUT2D eigenvalue weighted by molar-refractivity contribution is 5.97. The van der Waals surface area contributed by atoms with E-state index in [1.807, 2.05) is 11.8 Å². The van der Waals surface area contributed by atoms with Crippen molar-refractivity contribution in [2.45, 2.75) is 19.8 Å². The normalized spacial score (nSPS) is 20.5. The Labute approximate surface area is 112 Å². The largest absolute Gasteiger partial charge is 0.299 e. The van der Waals surface area contributed by atoms with Gasteiger partial charge in [0.2, 0.25) is 0 Å². The van der Waals surface area contributed by atoms with E-state index in [9.17, 15) is 14.0 Å². The summed E-state index contributed by atoms with van der Waals surface area (Å²) in [6.07, 6.45) is 1.34. The number of Topliss-reactive ketones (excluding diaryl/α,β-unsaturated/α-hetero) is 2. The van der Waals surface area contributed by atoms with Gasteiger partial charge in [0.1, 0.15) is 11.6 Å². The van der Waals surface area contributed by atoms with E-state index < -0.39 is 0 Å². The fraction of sp³-hybridized carbons (Fsp3) is 0.467. The van der Waals surface area contributed by atoms with Gasteiger partial charge >= 0.3 is 0 Å². The molecular weight excluding hydrogens is 245 g/mol. The van der Waals surface area contributed by atoms with E-state index in [4.69, 9.17) is 0 Å². The SMILES string of the molecule is CCC1CN(CC(=O)c2ccc(F)cc2)CCC1=O. The number of carbonyl (C=O) groups is 2. The zero-order chi connectivity index (χ0) is 13.8. The van der Waals surface area contributed by atoms with Crippen molar-refractivity contribution >= 4 is 11.6 Å². The van der Waals surface area contributed by atoms with Crippen LogP contribution < -0.4 is 0 Å². The molecule has 102 valence electrons. The summed E-state index contributed by atoms with van der Waals surface area (Å²) in [5.41, 5.74) is 0.520. The lowest BCUT2D eigenvalue weighted by molar-refractivity contribution is -0.126. The van der Waals surface area contributed by atoms with Crippen LogP contribution in [0, 0.1) is 11.7 Å². The van der Waals surface area contributed by atoms with Gasteiger partial charge in [-0.25, -0.2) is 4.39 Å². The molecular formula is C15H18FNO2. The van der Waals surface area contributed by atoms with Crippen molar-refractivity contribution in [3.05, 3.63) is 35.6 Å². The van der Waals surface area contributed by atoms with E-state index in [0.717, 1.165) is 6.42 Å². The van der Waals surface area contributed by atoms with E-state index in [1.54, 1.807) is 0 Å². The highest BCUT2D eigenvalue weighted by Crippen LogP contribution is 2.16. The third kappa shape index (κ3) is 3.47. The second-order valence-electron chi connectivity index (χ2n) is 4.99. The first-order valence-electron chi connectivity index (χ1n) is 6.64. The van der Waals surface area contributed by atoms with Gasteiger partial charge in [0.15, 0.2) is 5.78 Å². The number of benzene rings is 1. The van der Waals surface area contributed by atoms with Gasteiger partial charge in [0, 0.05) is 31.0 Å². The predicted octanol–water partition coefficient (Wildman–Crippen LogP) is 2.31. The van der Waals surface area contributed by atoms with E-state index in [-0.39, 0.29) is 17.5 Å². The molecule has 0 spiro atoms. The maximum atomic E-state index is 12.8. The minimum Gasteiger partial charge on any atom is -0.299 e. The van der Waals surface area contributed by atoms with Crippen LogP contribution in [0.3, 0.4) is 0 Å². The molecule has 2 rings (SSSR count). The van der Waals surface area contributed by atoms with E-state index in [2.05, 4.69) is 0 Å². The van der Waals surface area contributed by atoms with Crippen molar-refractivity contribution in [2.75, 3.05) is 19.6 Å². The maximum Gasteiger partial charge on any atom is 0.176 e. The van der Waals surface area contributed by atoms with Gasteiger partial charge < -0.3 is 0 Å². The molecule has 1 saturated heterocycles. The van der Waals surface area contributed by atoms with E-state index >= 15 is 0 Å². The molecule has 0 aliphatic carbocycles. The lowest BCUT2D eigenvalue weighted by atomic mass is 9.94. The van der Waals surface area contributed by atoms with Crippen LogP contribution in [-0.4, -0.2) is 36.1 Å². The van der Waals surface area contributed by atoms with Crippen molar-refractivity contribution in [3.8, 4) is 0 Å². The van der Waals surface area contributed by atoms with Crippen molar-refractivity contribution in [3.63, 3.8) is 0 Å². The minimum atomic E-state index is -0.342. The summed E-state index contributed by atoms with van der Waals surface area (Å²) >= 11 is 0. The van der Waals surface area contributed by atoms with Gasteiger partial charge in [0.05, 0.1) is 6.54 Å². The Balaban J connectivity index is 1.95. The molecule has 1 fully saturated rings. The van der Waals surface area contributed by atoms with Gasteiger partial charge in [-0.15, -0.1) is 0 Å². The van der Waals surface area contributed by atoms with Crippen LogP contribution in [0.15, 0.2) is 24.3 Å². The lowest BCUT2D eigenvalue weighted by Gasteiger charge is -2.30. The molecule has 1 unspecified atom stereocenters. The maximum absolute atomic E-state index is 12.8. The topological polar surface area (TPSA) is 37.4 Å². The number of nitrogens with zero attached hydrogens (tertiary/aromatic N) is 1. The first-order valence-corrected chi connectivity index (χ1v) is 6.64. The molecule has 1 aliphatic heterocycles. The third-order valence-corrected chi connectivity index (χ3v) is 3.63. The Kier molecular flexibility index (Phi) is 4.43. The van der Waals surface area contributed by atoms with Crippen molar-refractivity contribution < 1.29 is 14.0 Å². The smallest absolute Gasteiger partial charge is 0.176 e. The summed E-state index contributed by atoms with van der Waals surface area (Å²) in [6.45, 7) is 3.59. The second kappa shape index (κ2) is 6.06. The lowest BCUT2D eigenvalue weighted by Crippen LogP contribution is -2.42. The summed E-state index contributed by atoms with van der Waals surface area (Å²) in [5, 5.41) is 0. The average Bonchev–Trinajstić information content (AvgIpc) is 2.41. The van der Waals surface area contributed by atoms with Gasteiger partial charge in [0.25, 0.3) is 0 Å². The number of halogens is 1. The molecule has 0 aromatic heterocycles. The fourth-order valence-electron chi connectivity index (χ4n) is 2.41. The molecule has 1 atom stereocenters. The Morgan fingerprint density at radius 1 is 1.37 bits per heavy atom. The van der Waals surface area contributed by atoms with Gasteiger partial charge in [-0.1, -0.05) is 6.92 Å². The molecule has 1 aliphatic rings. The van der Waals surface area contributed by atoms with Crippen LogP contribution >= 0.6 is 0 Å². The van der Waals surface area contributed by atoms with Crippen molar-refractivity contribution in [1.82, 2.24) is 4.90 Å². The number of likely N-dealkylation sites (tertiary alicyclic amines) is 1. The first-order chi connectivity index (χ1) is 9.10. The van der Waals surface area contributed by atoms with Crippen LogP contribution in [0.1, 0.15) is 30.1 Å². The van der Waals surface area contributed by atoms with E-state index in [1.165, 1.54) is 24.3 Å². The number of piperidine rings is 1. The van der Waals surface area contributed by atoms with Crippen LogP contribution in [-0.2, 0) is 4.79 Å². The van der Waals surface area contributed by atoms with Crippen LogP contribution in [0.2, 0.25) is 0 Å². The van der Waals surface area contributed by atoms with E-state index in [0.29, 0.717) is 37.4 Å². The average molecular weight is 263 g/mol. The van der Waals surface area contributed by atoms with Gasteiger partial charge in [-0.2, -0.15) is 0 Å². The number of ketones is 2.